The second kappa shape index (κ2) is 7.31. The fourth-order valence-electron chi connectivity index (χ4n) is 3.03. The van der Waals surface area contributed by atoms with Gasteiger partial charge in [0.2, 0.25) is 11.8 Å². The Morgan fingerprint density at radius 1 is 1.40 bits per heavy atom. The minimum atomic E-state index is -0.235. The first-order chi connectivity index (χ1) is 9.67. The van der Waals surface area contributed by atoms with E-state index in [0.29, 0.717) is 18.2 Å². The molecule has 0 aliphatic carbocycles. The Morgan fingerprint density at radius 3 is 2.90 bits per heavy atom. The molecule has 2 atom stereocenters. The number of piperidine rings is 1. The van der Waals surface area contributed by atoms with Crippen molar-refractivity contribution in [3.05, 3.63) is 0 Å². The number of hydrogen-bond donors (Lipinski definition) is 1. The second-order valence-electron chi connectivity index (χ2n) is 5.58. The molecule has 114 valence electrons. The highest BCUT2D eigenvalue weighted by atomic mass is 32.2. The van der Waals surface area contributed by atoms with Gasteiger partial charge in [0.15, 0.2) is 0 Å². The highest BCUT2D eigenvalue weighted by molar-refractivity contribution is 7.99. The number of rotatable bonds is 4. The predicted molar refractivity (Wildman–Crippen MR) is 81.5 cm³/mol. The molecule has 2 heterocycles. The maximum atomic E-state index is 12.7. The molecule has 2 amide bonds. The predicted octanol–water partition coefficient (Wildman–Crippen LogP) is 0.756. The Kier molecular flexibility index (Phi) is 5.72. The quantitative estimate of drug-likeness (QED) is 0.832. The van der Waals surface area contributed by atoms with Gasteiger partial charge < -0.3 is 15.1 Å². The summed E-state index contributed by atoms with van der Waals surface area (Å²) in [5, 5.41) is 3.20. The number of thioether (sulfide) groups is 1. The smallest absolute Gasteiger partial charge is 0.246 e. The van der Waals surface area contributed by atoms with Crippen LogP contribution in [0.1, 0.15) is 26.2 Å². The molecule has 1 N–H and O–H groups in total. The SMILES string of the molecule is CCC(=O)N1CSCC1C(=O)N1CCCC(CNC)C1. The van der Waals surface area contributed by atoms with E-state index >= 15 is 0 Å². The van der Waals surface area contributed by atoms with Gasteiger partial charge in [-0.15, -0.1) is 11.8 Å². The zero-order chi connectivity index (χ0) is 14.5. The van der Waals surface area contributed by atoms with Gasteiger partial charge in [0.05, 0.1) is 5.88 Å². The van der Waals surface area contributed by atoms with Crippen LogP contribution in [0.15, 0.2) is 0 Å². The summed E-state index contributed by atoms with van der Waals surface area (Å²) in [6.45, 7) is 4.49. The molecule has 0 spiro atoms. The fourth-order valence-corrected chi connectivity index (χ4v) is 4.20. The number of hydrogen-bond acceptors (Lipinski definition) is 4. The van der Waals surface area contributed by atoms with Crippen LogP contribution in [0, 0.1) is 5.92 Å². The summed E-state index contributed by atoms with van der Waals surface area (Å²) in [4.78, 5) is 28.3. The summed E-state index contributed by atoms with van der Waals surface area (Å²) in [5.74, 6) is 2.20. The number of carbonyl (C=O) groups excluding carboxylic acids is 2. The molecule has 2 aliphatic heterocycles. The average molecular weight is 299 g/mol. The fraction of sp³-hybridized carbons (Fsp3) is 0.857. The molecular weight excluding hydrogens is 274 g/mol. The van der Waals surface area contributed by atoms with Crippen molar-refractivity contribution >= 4 is 23.6 Å². The van der Waals surface area contributed by atoms with Crippen molar-refractivity contribution in [1.29, 1.82) is 0 Å². The summed E-state index contributed by atoms with van der Waals surface area (Å²) >= 11 is 1.68. The van der Waals surface area contributed by atoms with E-state index in [-0.39, 0.29) is 17.9 Å². The summed E-state index contributed by atoms with van der Waals surface area (Å²) in [6, 6.07) is -0.235. The topological polar surface area (TPSA) is 52.7 Å². The van der Waals surface area contributed by atoms with Crippen molar-refractivity contribution < 1.29 is 9.59 Å². The molecule has 20 heavy (non-hydrogen) atoms. The standard InChI is InChI=1S/C14H25N3O2S/c1-3-13(18)17-10-20-9-12(17)14(19)16-6-4-5-11(8-16)7-15-2/h11-12,15H,3-10H2,1-2H3. The van der Waals surface area contributed by atoms with E-state index in [1.807, 2.05) is 18.9 Å². The van der Waals surface area contributed by atoms with Crippen LogP contribution in [0.4, 0.5) is 0 Å². The maximum Gasteiger partial charge on any atom is 0.246 e. The lowest BCUT2D eigenvalue weighted by Gasteiger charge is -2.35. The van der Waals surface area contributed by atoms with E-state index in [1.165, 1.54) is 6.42 Å². The third-order valence-electron chi connectivity index (χ3n) is 4.11. The summed E-state index contributed by atoms with van der Waals surface area (Å²) in [5.41, 5.74) is 0. The molecule has 0 bridgehead atoms. The van der Waals surface area contributed by atoms with Crippen LogP contribution in [0.5, 0.6) is 0 Å². The van der Waals surface area contributed by atoms with Gasteiger partial charge in [0.25, 0.3) is 0 Å². The Labute approximate surface area is 125 Å². The first-order valence-corrected chi connectivity index (χ1v) is 8.63. The number of nitrogens with zero attached hydrogens (tertiary/aromatic N) is 2. The lowest BCUT2D eigenvalue weighted by Crippen LogP contribution is -2.52. The molecule has 0 aromatic rings. The molecule has 2 fully saturated rings. The highest BCUT2D eigenvalue weighted by Gasteiger charge is 2.37. The number of likely N-dealkylation sites (tertiary alicyclic amines) is 1. The first kappa shape index (κ1) is 15.6. The first-order valence-electron chi connectivity index (χ1n) is 7.48. The molecule has 2 rings (SSSR count). The van der Waals surface area contributed by atoms with Crippen molar-refractivity contribution in [2.45, 2.75) is 32.2 Å². The Hall–Kier alpha value is -0.750. The van der Waals surface area contributed by atoms with Gasteiger partial charge in [0.1, 0.15) is 6.04 Å². The van der Waals surface area contributed by atoms with Gasteiger partial charge in [0, 0.05) is 25.3 Å². The van der Waals surface area contributed by atoms with Gasteiger partial charge in [-0.3, -0.25) is 9.59 Å². The van der Waals surface area contributed by atoms with Crippen molar-refractivity contribution in [2.75, 3.05) is 38.3 Å². The van der Waals surface area contributed by atoms with E-state index in [4.69, 9.17) is 0 Å². The highest BCUT2D eigenvalue weighted by Crippen LogP contribution is 2.25. The second-order valence-corrected chi connectivity index (χ2v) is 6.58. The van der Waals surface area contributed by atoms with Gasteiger partial charge in [-0.1, -0.05) is 6.92 Å². The zero-order valence-corrected chi connectivity index (χ0v) is 13.2. The van der Waals surface area contributed by atoms with E-state index in [9.17, 15) is 9.59 Å². The molecule has 2 unspecified atom stereocenters. The van der Waals surface area contributed by atoms with Gasteiger partial charge in [-0.25, -0.2) is 0 Å². The molecule has 0 aromatic heterocycles. The number of carbonyl (C=O) groups is 2. The van der Waals surface area contributed by atoms with E-state index in [1.54, 1.807) is 16.7 Å². The summed E-state index contributed by atoms with van der Waals surface area (Å²) in [7, 11) is 1.95. The molecule has 2 saturated heterocycles. The summed E-state index contributed by atoms with van der Waals surface area (Å²) in [6.07, 6.45) is 2.73. The molecule has 0 radical (unpaired) electrons. The van der Waals surface area contributed by atoms with Crippen LogP contribution in [-0.2, 0) is 9.59 Å². The van der Waals surface area contributed by atoms with Crippen molar-refractivity contribution in [3.8, 4) is 0 Å². The zero-order valence-electron chi connectivity index (χ0n) is 12.4. The lowest BCUT2D eigenvalue weighted by molar-refractivity contribution is -0.144. The van der Waals surface area contributed by atoms with E-state index < -0.39 is 0 Å². The van der Waals surface area contributed by atoms with E-state index in [2.05, 4.69) is 5.32 Å². The normalized spacial score (nSPS) is 26.9. The maximum absolute atomic E-state index is 12.7. The minimum Gasteiger partial charge on any atom is -0.341 e. The molecular formula is C14H25N3O2S. The van der Waals surface area contributed by atoms with Gasteiger partial charge >= 0.3 is 0 Å². The van der Waals surface area contributed by atoms with Crippen molar-refractivity contribution in [2.24, 2.45) is 5.92 Å². The van der Waals surface area contributed by atoms with Gasteiger partial charge in [-0.05, 0) is 32.4 Å². The van der Waals surface area contributed by atoms with Gasteiger partial charge in [-0.2, -0.15) is 0 Å². The Morgan fingerprint density at radius 2 is 2.20 bits per heavy atom. The average Bonchev–Trinajstić information content (AvgIpc) is 2.95. The Balaban J connectivity index is 1.97. The molecule has 2 aliphatic rings. The van der Waals surface area contributed by atoms with Crippen LogP contribution in [0.2, 0.25) is 0 Å². The lowest BCUT2D eigenvalue weighted by atomic mass is 9.97. The third-order valence-corrected chi connectivity index (χ3v) is 5.13. The molecule has 6 heteroatoms. The summed E-state index contributed by atoms with van der Waals surface area (Å²) < 4.78 is 0. The largest absolute Gasteiger partial charge is 0.341 e. The minimum absolute atomic E-state index is 0.0946. The van der Waals surface area contributed by atoms with Crippen LogP contribution in [-0.4, -0.2) is 66.0 Å². The van der Waals surface area contributed by atoms with E-state index in [0.717, 1.165) is 31.8 Å². The van der Waals surface area contributed by atoms with Crippen molar-refractivity contribution in [3.63, 3.8) is 0 Å². The van der Waals surface area contributed by atoms with Crippen molar-refractivity contribution in [1.82, 2.24) is 15.1 Å². The molecule has 0 saturated carbocycles. The Bertz CT molecular complexity index is 362. The van der Waals surface area contributed by atoms with Crippen LogP contribution >= 0.6 is 11.8 Å². The molecule has 0 aromatic carbocycles. The molecule has 5 nitrogen and oxygen atoms in total. The van der Waals surface area contributed by atoms with Crippen LogP contribution < -0.4 is 5.32 Å². The third kappa shape index (κ3) is 3.47. The number of amides is 2. The van der Waals surface area contributed by atoms with Crippen LogP contribution in [0.25, 0.3) is 0 Å². The number of nitrogens with one attached hydrogen (secondary N) is 1. The van der Waals surface area contributed by atoms with Crippen LogP contribution in [0.3, 0.4) is 0 Å². The monoisotopic (exact) mass is 299 g/mol.